The second-order valence-electron chi connectivity index (χ2n) is 5.20. The van der Waals surface area contributed by atoms with Crippen LogP contribution in [0.5, 0.6) is 0 Å². The maximum absolute atomic E-state index is 5.24. The minimum Gasteiger partial charge on any atom is -0.338 e. The molecule has 2 rings (SSSR count). The van der Waals surface area contributed by atoms with E-state index in [4.69, 9.17) is 12.2 Å². The molecule has 2 heterocycles. The average Bonchev–Trinajstić information content (AvgIpc) is 2.78. The fourth-order valence-corrected chi connectivity index (χ4v) is 2.61. The molecular weight excluding hydrogens is 260 g/mol. The Labute approximate surface area is 120 Å². The highest BCUT2D eigenvalue weighted by Crippen LogP contribution is 2.13. The summed E-state index contributed by atoms with van der Waals surface area (Å²) in [5, 5.41) is 7.25. The molecule has 1 N–H and O–H groups in total. The van der Waals surface area contributed by atoms with Crippen LogP contribution in [0.3, 0.4) is 0 Å². The molecule has 1 saturated heterocycles. The molecule has 1 aromatic heterocycles. The van der Waals surface area contributed by atoms with E-state index in [1.54, 1.807) is 0 Å². The largest absolute Gasteiger partial charge is 0.338 e. The van der Waals surface area contributed by atoms with Crippen LogP contribution >= 0.6 is 12.2 Å². The molecule has 0 bridgehead atoms. The number of H-pyrrole nitrogens is 1. The van der Waals surface area contributed by atoms with Crippen LogP contribution in [0.2, 0.25) is 0 Å². The molecule has 0 aromatic carbocycles. The van der Waals surface area contributed by atoms with E-state index in [1.807, 2.05) is 0 Å². The van der Waals surface area contributed by atoms with Gasteiger partial charge < -0.3 is 9.80 Å². The quantitative estimate of drug-likeness (QED) is 0.804. The molecule has 0 spiro atoms. The highest BCUT2D eigenvalue weighted by molar-refractivity contribution is 7.71. The summed E-state index contributed by atoms with van der Waals surface area (Å²) >= 11 is 5.24. The Morgan fingerprint density at radius 3 is 2.53 bits per heavy atom. The van der Waals surface area contributed by atoms with Gasteiger partial charge in [-0.05, 0) is 33.2 Å². The van der Waals surface area contributed by atoms with Gasteiger partial charge in [0.2, 0.25) is 5.95 Å². The van der Waals surface area contributed by atoms with Crippen LogP contribution in [-0.4, -0.2) is 77.9 Å². The van der Waals surface area contributed by atoms with E-state index in [1.165, 1.54) is 0 Å². The molecule has 0 atom stereocenters. The highest BCUT2D eigenvalue weighted by Gasteiger charge is 2.20. The third-order valence-corrected chi connectivity index (χ3v) is 3.88. The van der Waals surface area contributed by atoms with Gasteiger partial charge >= 0.3 is 0 Å². The number of hydrogen-bond acceptors (Lipinski definition) is 5. The zero-order chi connectivity index (χ0) is 13.8. The third-order valence-electron chi connectivity index (χ3n) is 3.57. The van der Waals surface area contributed by atoms with Crippen molar-refractivity contribution in [1.82, 2.24) is 24.6 Å². The van der Waals surface area contributed by atoms with Crippen molar-refractivity contribution in [3.63, 3.8) is 0 Å². The first-order chi connectivity index (χ1) is 9.11. The zero-order valence-corrected chi connectivity index (χ0v) is 12.9. The van der Waals surface area contributed by atoms with Crippen LogP contribution < -0.4 is 4.90 Å². The Balaban J connectivity index is 1.91. The molecule has 0 amide bonds. The molecule has 0 radical (unpaired) electrons. The molecule has 7 heteroatoms. The molecule has 0 aliphatic carbocycles. The van der Waals surface area contributed by atoms with Gasteiger partial charge in [-0.2, -0.15) is 0 Å². The lowest BCUT2D eigenvalue weighted by Gasteiger charge is -2.35. The minimum atomic E-state index is 0.715. The van der Waals surface area contributed by atoms with E-state index in [0.29, 0.717) is 4.77 Å². The van der Waals surface area contributed by atoms with Crippen molar-refractivity contribution in [3.05, 3.63) is 4.77 Å². The maximum Gasteiger partial charge on any atom is 0.225 e. The van der Waals surface area contributed by atoms with Gasteiger partial charge in [0.05, 0.1) is 0 Å². The summed E-state index contributed by atoms with van der Waals surface area (Å²) in [5.41, 5.74) is 0. The first-order valence-corrected chi connectivity index (χ1v) is 7.30. The van der Waals surface area contributed by atoms with Gasteiger partial charge in [0, 0.05) is 45.8 Å². The molecule has 6 nitrogen and oxygen atoms in total. The summed E-state index contributed by atoms with van der Waals surface area (Å²) in [6.45, 7) is 9.46. The van der Waals surface area contributed by atoms with Crippen molar-refractivity contribution in [3.8, 4) is 0 Å². The van der Waals surface area contributed by atoms with Crippen LogP contribution in [0, 0.1) is 4.77 Å². The number of likely N-dealkylation sites (N-methyl/N-ethyl adjacent to an activating group) is 1. The van der Waals surface area contributed by atoms with Gasteiger partial charge in [0.25, 0.3) is 0 Å². The molecule has 108 valence electrons. The molecule has 1 aromatic rings. The fourth-order valence-electron chi connectivity index (χ4n) is 2.35. The molecule has 0 saturated carbocycles. The van der Waals surface area contributed by atoms with E-state index in [-0.39, 0.29) is 0 Å². The zero-order valence-electron chi connectivity index (χ0n) is 12.1. The summed E-state index contributed by atoms with van der Waals surface area (Å²) in [5.74, 6) is 0.986. The van der Waals surface area contributed by atoms with Crippen LogP contribution in [0.4, 0.5) is 5.95 Å². The van der Waals surface area contributed by atoms with E-state index in [9.17, 15) is 0 Å². The number of anilines is 1. The van der Waals surface area contributed by atoms with Crippen molar-refractivity contribution in [2.24, 2.45) is 0 Å². The Kier molecular flexibility index (Phi) is 4.95. The Morgan fingerprint density at radius 1 is 1.26 bits per heavy atom. The van der Waals surface area contributed by atoms with Gasteiger partial charge in [-0.1, -0.05) is 0 Å². The Morgan fingerprint density at radius 2 is 1.95 bits per heavy atom. The molecule has 19 heavy (non-hydrogen) atoms. The topological polar surface area (TPSA) is 43.3 Å². The van der Waals surface area contributed by atoms with Crippen molar-refractivity contribution < 1.29 is 0 Å². The lowest BCUT2D eigenvalue weighted by molar-refractivity contribution is 0.228. The highest BCUT2D eigenvalue weighted by atomic mass is 32.1. The number of piperazine rings is 1. The third kappa shape index (κ3) is 3.55. The second kappa shape index (κ2) is 6.49. The second-order valence-corrected chi connectivity index (χ2v) is 5.59. The van der Waals surface area contributed by atoms with E-state index in [0.717, 1.165) is 51.8 Å². The lowest BCUT2D eigenvalue weighted by Crippen LogP contribution is -2.48. The standard InChI is InChI=1S/C12H24N6S/c1-4-18-11(13-14-12(18)19)17-9-7-16(8-10-17)6-5-15(2)3/h4-10H2,1-3H3,(H,14,19). The molecule has 1 aliphatic heterocycles. The van der Waals surface area contributed by atoms with Crippen molar-refractivity contribution in [1.29, 1.82) is 0 Å². The van der Waals surface area contributed by atoms with Crippen molar-refractivity contribution in [2.45, 2.75) is 13.5 Å². The number of rotatable bonds is 5. The van der Waals surface area contributed by atoms with Crippen LogP contribution in [0.1, 0.15) is 6.92 Å². The summed E-state index contributed by atoms with van der Waals surface area (Å²) < 4.78 is 2.78. The number of aromatic amines is 1. The maximum atomic E-state index is 5.24. The number of nitrogens with zero attached hydrogens (tertiary/aromatic N) is 5. The van der Waals surface area contributed by atoms with Crippen molar-refractivity contribution in [2.75, 3.05) is 58.3 Å². The fraction of sp³-hybridized carbons (Fsp3) is 0.833. The van der Waals surface area contributed by atoms with Crippen LogP contribution in [0.15, 0.2) is 0 Å². The summed E-state index contributed by atoms with van der Waals surface area (Å²) in [6.07, 6.45) is 0. The van der Waals surface area contributed by atoms with Gasteiger partial charge in [0.15, 0.2) is 4.77 Å². The van der Waals surface area contributed by atoms with E-state index < -0.39 is 0 Å². The summed E-state index contributed by atoms with van der Waals surface area (Å²) in [6, 6.07) is 0. The number of nitrogens with one attached hydrogen (secondary N) is 1. The first-order valence-electron chi connectivity index (χ1n) is 6.89. The Bertz CT molecular complexity index is 443. The molecule has 1 fully saturated rings. The monoisotopic (exact) mass is 284 g/mol. The van der Waals surface area contributed by atoms with Crippen LogP contribution in [0.25, 0.3) is 0 Å². The van der Waals surface area contributed by atoms with Crippen LogP contribution in [-0.2, 0) is 6.54 Å². The number of aromatic nitrogens is 3. The predicted octanol–water partition coefficient (Wildman–Crippen LogP) is 0.644. The van der Waals surface area contributed by atoms with E-state index in [2.05, 4.69) is 50.5 Å². The van der Waals surface area contributed by atoms with Gasteiger partial charge in [-0.3, -0.25) is 9.47 Å². The lowest BCUT2D eigenvalue weighted by atomic mass is 10.3. The minimum absolute atomic E-state index is 0.715. The number of hydrogen-bond donors (Lipinski definition) is 1. The Hall–Kier alpha value is -0.920. The van der Waals surface area contributed by atoms with Gasteiger partial charge in [0.1, 0.15) is 0 Å². The summed E-state index contributed by atoms with van der Waals surface area (Å²) in [4.78, 5) is 7.06. The van der Waals surface area contributed by atoms with Gasteiger partial charge in [-0.25, -0.2) is 5.10 Å². The summed E-state index contributed by atoms with van der Waals surface area (Å²) in [7, 11) is 4.24. The predicted molar refractivity (Wildman–Crippen MR) is 80.3 cm³/mol. The first kappa shape index (κ1) is 14.5. The van der Waals surface area contributed by atoms with Crippen molar-refractivity contribution >= 4 is 18.2 Å². The van der Waals surface area contributed by atoms with E-state index >= 15 is 0 Å². The normalized spacial score (nSPS) is 17.4. The molecule has 1 aliphatic rings. The smallest absolute Gasteiger partial charge is 0.225 e. The average molecular weight is 284 g/mol. The molecular formula is C12H24N6S. The SMILES string of the molecule is CCn1c(N2CCN(CCN(C)C)CC2)n[nH]c1=S. The molecule has 0 unspecified atom stereocenters. The van der Waals surface area contributed by atoms with Gasteiger partial charge in [-0.15, -0.1) is 5.10 Å².